The van der Waals surface area contributed by atoms with E-state index in [0.717, 1.165) is 11.2 Å². The fourth-order valence-corrected chi connectivity index (χ4v) is 1.21. The summed E-state index contributed by atoms with van der Waals surface area (Å²) in [5.74, 6) is -0.887. The van der Waals surface area contributed by atoms with Gasteiger partial charge in [-0.3, -0.25) is 14.5 Å². The van der Waals surface area contributed by atoms with Gasteiger partial charge in [-0.05, 0) is 20.3 Å². The lowest BCUT2D eigenvalue weighted by Crippen LogP contribution is -2.56. The molecule has 2 N–H and O–H groups in total. The van der Waals surface area contributed by atoms with Crippen LogP contribution in [0.25, 0.3) is 0 Å². The number of rotatable bonds is 6. The molecule has 0 saturated carbocycles. The Morgan fingerprint density at radius 1 is 1.44 bits per heavy atom. The molecule has 0 aromatic rings. The number of carbonyl (C=O) groups is 3. The first-order chi connectivity index (χ1) is 7.32. The molecule has 16 heavy (non-hydrogen) atoms. The van der Waals surface area contributed by atoms with Crippen molar-refractivity contribution in [2.45, 2.75) is 45.7 Å². The molecule has 92 valence electrons. The van der Waals surface area contributed by atoms with Gasteiger partial charge in [-0.15, -0.1) is 0 Å². The van der Waals surface area contributed by atoms with Gasteiger partial charge in [0, 0.05) is 5.92 Å². The van der Waals surface area contributed by atoms with Crippen LogP contribution < -0.4 is 5.73 Å². The molecule has 0 aromatic carbocycles. The lowest BCUT2D eigenvalue weighted by Gasteiger charge is -2.37. The minimum atomic E-state index is -0.854. The first-order valence-electron chi connectivity index (χ1n) is 5.32. The van der Waals surface area contributed by atoms with Crippen LogP contribution in [0.2, 0.25) is 0 Å². The van der Waals surface area contributed by atoms with E-state index in [0.29, 0.717) is 12.8 Å². The van der Waals surface area contributed by atoms with Gasteiger partial charge in [-0.1, -0.05) is 13.8 Å². The molecule has 2 amide bonds. The maximum absolute atomic E-state index is 11.8. The lowest BCUT2D eigenvalue weighted by molar-refractivity contribution is -0.147. The predicted octanol–water partition coefficient (Wildman–Crippen LogP) is 0.322. The Bertz CT molecular complexity index is 276. The van der Waals surface area contributed by atoms with Crippen LogP contribution in [0.1, 0.15) is 34.1 Å². The quantitative estimate of drug-likeness (QED) is 0.664. The van der Waals surface area contributed by atoms with Gasteiger partial charge in [-0.25, -0.2) is 0 Å². The number of nitrogens with zero attached hydrogens (tertiary/aromatic N) is 1. The Morgan fingerprint density at radius 2 is 1.94 bits per heavy atom. The normalized spacial score (nSPS) is 15.1. The van der Waals surface area contributed by atoms with E-state index in [9.17, 15) is 14.4 Å². The first-order valence-corrected chi connectivity index (χ1v) is 5.32. The summed E-state index contributed by atoms with van der Waals surface area (Å²) >= 11 is 0. The minimum absolute atomic E-state index is 0.439. The van der Waals surface area contributed by atoms with Crippen LogP contribution in [0.3, 0.4) is 0 Å². The highest BCUT2D eigenvalue weighted by molar-refractivity contribution is 5.91. The molecule has 5 nitrogen and oxygen atoms in total. The zero-order chi connectivity index (χ0) is 12.9. The molecule has 0 saturated heterocycles. The van der Waals surface area contributed by atoms with Crippen LogP contribution in [0.5, 0.6) is 0 Å². The van der Waals surface area contributed by atoms with E-state index >= 15 is 0 Å². The zero-order valence-corrected chi connectivity index (χ0v) is 10.3. The number of aldehydes is 1. The van der Waals surface area contributed by atoms with Gasteiger partial charge in [0.25, 0.3) is 0 Å². The summed E-state index contributed by atoms with van der Waals surface area (Å²) in [7, 11) is 0. The maximum Gasteiger partial charge on any atom is 0.246 e. The van der Waals surface area contributed by atoms with Crippen molar-refractivity contribution >= 4 is 18.6 Å². The van der Waals surface area contributed by atoms with Crippen LogP contribution in [0.15, 0.2) is 0 Å². The summed E-state index contributed by atoms with van der Waals surface area (Å²) in [5.41, 5.74) is 4.74. The van der Waals surface area contributed by atoms with E-state index in [2.05, 4.69) is 0 Å². The van der Waals surface area contributed by atoms with Gasteiger partial charge < -0.3 is 10.5 Å². The van der Waals surface area contributed by atoms with Gasteiger partial charge in [0.05, 0.1) is 11.6 Å². The highest BCUT2D eigenvalue weighted by Gasteiger charge is 2.37. The monoisotopic (exact) mass is 228 g/mol. The van der Waals surface area contributed by atoms with Crippen molar-refractivity contribution in [3.8, 4) is 0 Å². The Labute approximate surface area is 96.0 Å². The number of imide groups is 1. The Morgan fingerprint density at radius 3 is 2.25 bits per heavy atom. The van der Waals surface area contributed by atoms with Crippen LogP contribution in [0, 0.1) is 5.92 Å². The SMILES string of the molecule is CCC(N)C(=O)N(C=O)C(C)(C)C(C)C=O. The second-order valence-corrected chi connectivity index (χ2v) is 4.41. The van der Waals surface area contributed by atoms with Crippen LogP contribution >= 0.6 is 0 Å². The molecule has 0 radical (unpaired) electrons. The molecule has 0 aliphatic rings. The number of amides is 2. The van der Waals surface area contributed by atoms with Crippen molar-refractivity contribution < 1.29 is 14.4 Å². The van der Waals surface area contributed by atoms with E-state index in [1.165, 1.54) is 0 Å². The Kier molecular flexibility index (Phi) is 5.30. The van der Waals surface area contributed by atoms with Crippen LogP contribution in [-0.4, -0.2) is 35.1 Å². The number of hydrogen-bond donors (Lipinski definition) is 1. The molecule has 0 spiro atoms. The average molecular weight is 228 g/mol. The third-order valence-electron chi connectivity index (χ3n) is 3.04. The predicted molar refractivity (Wildman–Crippen MR) is 60.5 cm³/mol. The van der Waals surface area contributed by atoms with Crippen molar-refractivity contribution in [3.63, 3.8) is 0 Å². The van der Waals surface area contributed by atoms with Crippen molar-refractivity contribution in [1.29, 1.82) is 0 Å². The lowest BCUT2D eigenvalue weighted by atomic mass is 9.88. The molecule has 0 fully saturated rings. The van der Waals surface area contributed by atoms with E-state index in [4.69, 9.17) is 5.73 Å². The van der Waals surface area contributed by atoms with Gasteiger partial charge in [0.1, 0.15) is 6.29 Å². The molecule has 0 aliphatic heterocycles. The molecule has 2 atom stereocenters. The fraction of sp³-hybridized carbons (Fsp3) is 0.727. The smallest absolute Gasteiger partial charge is 0.246 e. The van der Waals surface area contributed by atoms with E-state index < -0.39 is 23.4 Å². The second kappa shape index (κ2) is 5.75. The maximum atomic E-state index is 11.8. The largest absolute Gasteiger partial charge is 0.320 e. The van der Waals surface area contributed by atoms with Gasteiger partial charge in [0.2, 0.25) is 12.3 Å². The molecule has 2 unspecified atom stereocenters. The van der Waals surface area contributed by atoms with Gasteiger partial charge in [0.15, 0.2) is 0 Å². The van der Waals surface area contributed by atoms with Crippen LogP contribution in [-0.2, 0) is 14.4 Å². The highest BCUT2D eigenvalue weighted by atomic mass is 16.2. The molecule has 0 aliphatic carbocycles. The Balaban J connectivity index is 5.05. The molecule has 0 rings (SSSR count). The molecule has 0 bridgehead atoms. The van der Waals surface area contributed by atoms with Crippen molar-refractivity contribution in [2.24, 2.45) is 11.7 Å². The molecule has 5 heteroatoms. The zero-order valence-electron chi connectivity index (χ0n) is 10.3. The minimum Gasteiger partial charge on any atom is -0.320 e. The second-order valence-electron chi connectivity index (χ2n) is 4.41. The van der Waals surface area contributed by atoms with Crippen molar-refractivity contribution in [2.75, 3.05) is 0 Å². The standard InChI is InChI=1S/C11H20N2O3/c1-5-9(12)10(16)13(7-15)11(3,4)8(2)6-14/h6-9H,5,12H2,1-4H3. The van der Waals surface area contributed by atoms with Crippen molar-refractivity contribution in [3.05, 3.63) is 0 Å². The summed E-state index contributed by atoms with van der Waals surface area (Å²) in [4.78, 5) is 34.6. The summed E-state index contributed by atoms with van der Waals surface area (Å²) < 4.78 is 0. The van der Waals surface area contributed by atoms with E-state index in [-0.39, 0.29) is 0 Å². The molecular weight excluding hydrogens is 208 g/mol. The topological polar surface area (TPSA) is 80.5 Å². The van der Waals surface area contributed by atoms with E-state index in [1.54, 1.807) is 27.7 Å². The van der Waals surface area contributed by atoms with Gasteiger partial charge in [-0.2, -0.15) is 0 Å². The molecular formula is C11H20N2O3. The number of nitrogens with two attached hydrogens (primary N) is 1. The summed E-state index contributed by atoms with van der Waals surface area (Å²) in [6.07, 6.45) is 1.62. The third-order valence-corrected chi connectivity index (χ3v) is 3.04. The average Bonchev–Trinajstić information content (AvgIpc) is 2.26. The summed E-state index contributed by atoms with van der Waals surface area (Å²) in [6, 6.07) is -0.705. The van der Waals surface area contributed by atoms with Gasteiger partial charge >= 0.3 is 0 Å². The van der Waals surface area contributed by atoms with Crippen molar-refractivity contribution in [1.82, 2.24) is 4.90 Å². The fourth-order valence-electron chi connectivity index (χ4n) is 1.21. The highest BCUT2D eigenvalue weighted by Crippen LogP contribution is 2.22. The summed E-state index contributed by atoms with van der Waals surface area (Å²) in [5, 5.41) is 0. The first kappa shape index (κ1) is 14.8. The Hall–Kier alpha value is -1.23. The number of carbonyl (C=O) groups excluding carboxylic acids is 3. The molecule has 0 aromatic heterocycles. The summed E-state index contributed by atoms with van der Waals surface area (Å²) in [6.45, 7) is 6.76. The molecule has 0 heterocycles. The third kappa shape index (κ3) is 2.88. The number of hydrogen-bond acceptors (Lipinski definition) is 4. The van der Waals surface area contributed by atoms with Crippen LogP contribution in [0.4, 0.5) is 0 Å². The van der Waals surface area contributed by atoms with E-state index in [1.807, 2.05) is 0 Å².